The fourth-order valence-corrected chi connectivity index (χ4v) is 3.08. The Balaban J connectivity index is -0.00000288. The van der Waals surface area contributed by atoms with Gasteiger partial charge in [0, 0.05) is 0 Å². The van der Waals surface area contributed by atoms with Gasteiger partial charge in [-0.15, -0.1) is 0 Å². The van der Waals surface area contributed by atoms with Gasteiger partial charge in [-0.2, -0.15) is 8.42 Å². The van der Waals surface area contributed by atoms with Crippen LogP contribution < -0.4 is 0 Å². The molecule has 7 nitrogen and oxygen atoms in total. The van der Waals surface area contributed by atoms with E-state index in [-0.39, 0.29) is 65.7 Å². The van der Waals surface area contributed by atoms with Crippen LogP contribution in [0, 0.1) is 0 Å². The minimum absolute atomic E-state index is 0. The monoisotopic (exact) mass is 428 g/mol. The van der Waals surface area contributed by atoms with E-state index >= 15 is 0 Å². The molecule has 0 rings (SSSR count). The van der Waals surface area contributed by atoms with E-state index < -0.39 is 33.7 Å². The number of carbonyl (C=O) groups excluding carboxylic acids is 1. The first-order chi connectivity index (χ1) is 11.8. The number of carboxylic acid groups (broad SMARTS) is 1. The van der Waals surface area contributed by atoms with Crippen LogP contribution >= 0.6 is 0 Å². The third-order valence-corrected chi connectivity index (χ3v) is 5.09. The van der Waals surface area contributed by atoms with Crippen LogP contribution in [-0.4, -0.2) is 101 Å². The van der Waals surface area contributed by atoms with Gasteiger partial charge < -0.3 is 9.84 Å². The standard InChI is InChI=1S/C17H32O7S.2Na.2H/c1-2-3-4-5-6-7-8-9-10-11-12-13-24-16(18)14-15(17(19)20)25(21,22)23;;;;/h15H,2-14H2,1H3,(H,19,20)(H,21,22,23);;;;. The van der Waals surface area contributed by atoms with Gasteiger partial charge >= 0.3 is 71.1 Å². The number of carboxylic acids is 1. The van der Waals surface area contributed by atoms with Gasteiger partial charge in [0.25, 0.3) is 10.1 Å². The Morgan fingerprint density at radius 1 is 0.852 bits per heavy atom. The molecule has 0 aromatic rings. The van der Waals surface area contributed by atoms with Gasteiger partial charge in [0.2, 0.25) is 0 Å². The topological polar surface area (TPSA) is 118 Å². The molecule has 27 heavy (non-hydrogen) atoms. The van der Waals surface area contributed by atoms with Crippen LogP contribution in [0.15, 0.2) is 0 Å². The number of esters is 1. The second kappa shape index (κ2) is 20.1. The number of ether oxygens (including phenoxy) is 1. The molecule has 0 heterocycles. The zero-order chi connectivity index (χ0) is 19.1. The average molecular weight is 428 g/mol. The molecule has 2 N–H and O–H groups in total. The first-order valence-electron chi connectivity index (χ1n) is 9.13. The Bertz CT molecular complexity index is 484. The number of hydrogen-bond acceptors (Lipinski definition) is 5. The summed E-state index contributed by atoms with van der Waals surface area (Å²) in [5.74, 6) is -2.70. The first-order valence-corrected chi connectivity index (χ1v) is 10.6. The molecule has 0 fully saturated rings. The van der Waals surface area contributed by atoms with Gasteiger partial charge in [0.1, 0.15) is 0 Å². The van der Waals surface area contributed by atoms with E-state index in [1.807, 2.05) is 0 Å². The predicted molar refractivity (Wildman–Crippen MR) is 109 cm³/mol. The van der Waals surface area contributed by atoms with Gasteiger partial charge in [-0.25, -0.2) is 0 Å². The molecule has 0 aliphatic heterocycles. The van der Waals surface area contributed by atoms with Gasteiger partial charge in [-0.1, -0.05) is 71.1 Å². The Morgan fingerprint density at radius 2 is 1.26 bits per heavy atom. The molecule has 0 amide bonds. The molecular formula is C17H34Na2O7S. The molecule has 152 valence electrons. The van der Waals surface area contributed by atoms with E-state index in [2.05, 4.69) is 6.92 Å². The van der Waals surface area contributed by atoms with E-state index in [0.717, 1.165) is 19.3 Å². The van der Waals surface area contributed by atoms with Gasteiger partial charge in [-0.3, -0.25) is 14.1 Å². The predicted octanol–water partition coefficient (Wildman–Crippen LogP) is 2.27. The Kier molecular flexibility index (Phi) is 24.2. The number of rotatable bonds is 16. The quantitative estimate of drug-likeness (QED) is 0.168. The minimum atomic E-state index is -4.82. The van der Waals surface area contributed by atoms with Crippen LogP contribution in [0.4, 0.5) is 0 Å². The summed E-state index contributed by atoms with van der Waals surface area (Å²) < 4.78 is 35.3. The molecule has 0 saturated heterocycles. The second-order valence-electron chi connectivity index (χ2n) is 6.30. The third kappa shape index (κ3) is 19.9. The van der Waals surface area contributed by atoms with Crippen molar-refractivity contribution in [1.82, 2.24) is 0 Å². The zero-order valence-corrected chi connectivity index (χ0v) is 15.9. The van der Waals surface area contributed by atoms with Crippen molar-refractivity contribution in [3.05, 3.63) is 0 Å². The normalized spacial score (nSPS) is 11.8. The van der Waals surface area contributed by atoms with Gasteiger partial charge in [0.05, 0.1) is 13.0 Å². The SMILES string of the molecule is CCCCCCCCCCCCCOC(=O)CC(C(=O)O)S(=O)(=O)O.[NaH].[NaH]. The number of aliphatic carboxylic acids is 1. The van der Waals surface area contributed by atoms with Crippen LogP contribution in [0.3, 0.4) is 0 Å². The van der Waals surface area contributed by atoms with Crippen LogP contribution in [-0.2, 0) is 24.4 Å². The molecule has 1 atom stereocenters. The van der Waals surface area contributed by atoms with E-state index in [9.17, 15) is 18.0 Å². The molecule has 0 aromatic carbocycles. The van der Waals surface area contributed by atoms with Crippen LogP contribution in [0.2, 0.25) is 0 Å². The summed E-state index contributed by atoms with van der Waals surface area (Å²) in [4.78, 5) is 22.1. The van der Waals surface area contributed by atoms with Gasteiger partial charge in [0.15, 0.2) is 5.25 Å². The average Bonchev–Trinajstić information content (AvgIpc) is 2.52. The number of hydrogen-bond donors (Lipinski definition) is 2. The van der Waals surface area contributed by atoms with Crippen LogP contribution in [0.5, 0.6) is 0 Å². The van der Waals surface area contributed by atoms with Crippen molar-refractivity contribution in [2.45, 2.75) is 89.2 Å². The summed E-state index contributed by atoms with van der Waals surface area (Å²) in [6.45, 7) is 2.34. The molecule has 1 unspecified atom stereocenters. The molecule has 0 bridgehead atoms. The maximum absolute atomic E-state index is 11.4. The number of carbonyl (C=O) groups is 2. The van der Waals surface area contributed by atoms with Crippen molar-refractivity contribution in [2.75, 3.05) is 6.61 Å². The van der Waals surface area contributed by atoms with Gasteiger partial charge in [-0.05, 0) is 6.42 Å². The summed E-state index contributed by atoms with van der Waals surface area (Å²) in [5, 5.41) is 6.51. The Hall–Kier alpha value is 0.850. The Labute approximate surface area is 207 Å². The molecule has 0 aliphatic carbocycles. The summed E-state index contributed by atoms with van der Waals surface area (Å²) >= 11 is 0. The third-order valence-electron chi connectivity index (χ3n) is 4.00. The fraction of sp³-hybridized carbons (Fsp3) is 0.882. The van der Waals surface area contributed by atoms with E-state index in [0.29, 0.717) is 6.42 Å². The van der Waals surface area contributed by atoms with Crippen molar-refractivity contribution < 1.29 is 32.4 Å². The molecule has 0 radical (unpaired) electrons. The summed E-state index contributed by atoms with van der Waals surface area (Å²) in [5.41, 5.74) is 0. The zero-order valence-electron chi connectivity index (χ0n) is 15.1. The van der Waals surface area contributed by atoms with Crippen LogP contribution in [0.25, 0.3) is 0 Å². The Morgan fingerprint density at radius 3 is 1.63 bits per heavy atom. The maximum atomic E-state index is 11.4. The van der Waals surface area contributed by atoms with E-state index in [1.54, 1.807) is 0 Å². The molecule has 0 spiro atoms. The molecule has 0 saturated carbocycles. The second-order valence-corrected chi connectivity index (χ2v) is 7.90. The van der Waals surface area contributed by atoms with Crippen LogP contribution in [0.1, 0.15) is 84.0 Å². The molecule has 0 aromatic heterocycles. The molecule has 10 heteroatoms. The number of unbranched alkanes of at least 4 members (excludes halogenated alkanes) is 10. The first kappa shape index (κ1) is 32.5. The van der Waals surface area contributed by atoms with Crippen molar-refractivity contribution >= 4 is 81.2 Å². The summed E-state index contributed by atoms with van der Waals surface area (Å²) in [7, 11) is -4.82. The summed E-state index contributed by atoms with van der Waals surface area (Å²) in [6, 6.07) is 0. The molecule has 0 aliphatic rings. The summed E-state index contributed by atoms with van der Waals surface area (Å²) in [6.07, 6.45) is 11.8. The van der Waals surface area contributed by atoms with Crippen molar-refractivity contribution in [3.63, 3.8) is 0 Å². The van der Waals surface area contributed by atoms with Crippen molar-refractivity contribution in [2.24, 2.45) is 0 Å². The van der Waals surface area contributed by atoms with Crippen molar-refractivity contribution in [3.8, 4) is 0 Å². The van der Waals surface area contributed by atoms with E-state index in [4.69, 9.17) is 14.4 Å². The molecular weight excluding hydrogens is 394 g/mol. The van der Waals surface area contributed by atoms with Crippen molar-refractivity contribution in [1.29, 1.82) is 0 Å². The van der Waals surface area contributed by atoms with E-state index in [1.165, 1.54) is 44.9 Å². The fourth-order valence-electron chi connectivity index (χ4n) is 2.48.